The minimum atomic E-state index is -1.50. The first-order valence-electron chi connectivity index (χ1n) is 16.1. The van der Waals surface area contributed by atoms with E-state index in [9.17, 15) is 30.0 Å². The number of nitrogens with two attached hydrogens (primary N) is 1. The topological polar surface area (TPSA) is 184 Å². The van der Waals surface area contributed by atoms with Gasteiger partial charge in [-0.25, -0.2) is 0 Å². The van der Waals surface area contributed by atoms with Crippen LogP contribution in [0.25, 0.3) is 6.08 Å². The number of hydrogen-bond donors (Lipinski definition) is 7. The molecule has 8 N–H and O–H groups in total. The number of nitrogens with one attached hydrogen (secondary N) is 2. The van der Waals surface area contributed by atoms with Crippen LogP contribution < -0.4 is 21.1 Å². The number of methoxy groups -OCH3 is 1. The van der Waals surface area contributed by atoms with Crippen molar-refractivity contribution in [2.75, 3.05) is 26.8 Å². The molecule has 2 aromatic carbocycles. The van der Waals surface area contributed by atoms with Crippen LogP contribution in [-0.4, -0.2) is 89.0 Å². The summed E-state index contributed by atoms with van der Waals surface area (Å²) in [5.74, 6) is 0.0339. The van der Waals surface area contributed by atoms with Crippen molar-refractivity contribution in [3.63, 3.8) is 0 Å². The summed E-state index contributed by atoms with van der Waals surface area (Å²) in [7, 11) is 1.52. The number of benzene rings is 2. The zero-order chi connectivity index (χ0) is 35.3. The molecule has 11 heteroatoms. The zero-order valence-electron chi connectivity index (χ0n) is 28.8. The number of aliphatic hydroxyl groups is 4. The van der Waals surface area contributed by atoms with Crippen molar-refractivity contribution >= 4 is 17.9 Å². The molecule has 1 fully saturated rings. The summed E-state index contributed by atoms with van der Waals surface area (Å²) in [5, 5.41) is 46.9. The van der Waals surface area contributed by atoms with Gasteiger partial charge in [0, 0.05) is 18.7 Å². The minimum Gasteiger partial charge on any atom is -0.496 e. The Bertz CT molecular complexity index is 1440. The number of ether oxygens (including phenoxy) is 2. The highest BCUT2D eigenvalue weighted by molar-refractivity contribution is 5.93. The fourth-order valence-electron chi connectivity index (χ4n) is 5.62. The first-order chi connectivity index (χ1) is 22.0. The fourth-order valence-corrected chi connectivity index (χ4v) is 5.62. The molecule has 0 aliphatic carbocycles. The minimum absolute atomic E-state index is 0.148. The second-order valence-corrected chi connectivity index (χ2v) is 13.7. The monoisotopic (exact) mass is 655 g/mol. The van der Waals surface area contributed by atoms with Crippen molar-refractivity contribution in [1.29, 1.82) is 0 Å². The standard InChI is InChI=1S/C36H53N3O8/c1-20(2)25-18-27(46-8)26(32-31(43)30(42)29(41)28(19-40)47-32)17-24(25)16-23-10-9-22(15-21(23)3)11-12-35(4,5)33(44)39-36(6,7)34(45)38-14-13-37/h9-12,15,17-18,20,28-32,40-43H,13-14,16,19,37H2,1-8H3,(H,38,45)(H,39,44)/b12-11+/t28-,29-,30+,31-,32+/m1/s1. The van der Waals surface area contributed by atoms with E-state index in [0.29, 0.717) is 30.8 Å². The molecule has 1 aliphatic rings. The van der Waals surface area contributed by atoms with Gasteiger partial charge in [0.1, 0.15) is 41.8 Å². The van der Waals surface area contributed by atoms with Gasteiger partial charge in [0.05, 0.1) is 19.1 Å². The van der Waals surface area contributed by atoms with Gasteiger partial charge >= 0.3 is 0 Å². The molecule has 260 valence electrons. The molecule has 2 amide bonds. The molecule has 0 aromatic heterocycles. The highest BCUT2D eigenvalue weighted by Crippen LogP contribution is 2.40. The van der Waals surface area contributed by atoms with E-state index in [2.05, 4.69) is 24.5 Å². The summed E-state index contributed by atoms with van der Waals surface area (Å²) < 4.78 is 11.6. The average Bonchev–Trinajstić information content (AvgIpc) is 3.02. The molecular weight excluding hydrogens is 602 g/mol. The van der Waals surface area contributed by atoms with Crippen LogP contribution in [0.15, 0.2) is 36.4 Å². The molecule has 11 nitrogen and oxygen atoms in total. The van der Waals surface area contributed by atoms with E-state index in [1.54, 1.807) is 27.7 Å². The van der Waals surface area contributed by atoms with Crippen LogP contribution in [0.5, 0.6) is 5.75 Å². The molecule has 0 bridgehead atoms. The van der Waals surface area contributed by atoms with Crippen LogP contribution in [0.3, 0.4) is 0 Å². The summed E-state index contributed by atoms with van der Waals surface area (Å²) in [4.78, 5) is 25.6. The normalized spacial score (nSPS) is 22.0. The summed E-state index contributed by atoms with van der Waals surface area (Å²) in [5.41, 5.74) is 9.03. The lowest BCUT2D eigenvalue weighted by atomic mass is 9.85. The largest absolute Gasteiger partial charge is 0.496 e. The Labute approximate surface area is 278 Å². The lowest BCUT2D eigenvalue weighted by Gasteiger charge is -2.40. The molecule has 1 saturated heterocycles. The number of amides is 2. The van der Waals surface area contributed by atoms with Crippen molar-refractivity contribution in [2.24, 2.45) is 11.1 Å². The summed E-state index contributed by atoms with van der Waals surface area (Å²) in [6.45, 7) is 13.2. The molecule has 47 heavy (non-hydrogen) atoms. The summed E-state index contributed by atoms with van der Waals surface area (Å²) in [6, 6.07) is 9.89. The molecule has 0 radical (unpaired) electrons. The fraction of sp³-hybridized carbons (Fsp3) is 0.556. The lowest BCUT2D eigenvalue weighted by molar-refractivity contribution is -0.232. The maximum Gasteiger partial charge on any atom is 0.245 e. The van der Waals surface area contributed by atoms with Gasteiger partial charge < -0.3 is 46.3 Å². The van der Waals surface area contributed by atoms with Gasteiger partial charge in [0.2, 0.25) is 11.8 Å². The second kappa shape index (κ2) is 15.7. The van der Waals surface area contributed by atoms with Gasteiger partial charge in [0.15, 0.2) is 0 Å². The number of carbonyl (C=O) groups excluding carboxylic acids is 2. The Hall–Kier alpha value is -3.32. The Balaban J connectivity index is 1.87. The first-order valence-corrected chi connectivity index (χ1v) is 16.1. The van der Waals surface area contributed by atoms with E-state index in [1.165, 1.54) is 7.11 Å². The van der Waals surface area contributed by atoms with Crippen LogP contribution in [-0.2, 0) is 20.7 Å². The predicted octanol–water partition coefficient (Wildman–Crippen LogP) is 2.24. The molecule has 5 atom stereocenters. The van der Waals surface area contributed by atoms with Gasteiger partial charge in [-0.15, -0.1) is 0 Å². The number of carbonyl (C=O) groups is 2. The highest BCUT2D eigenvalue weighted by atomic mass is 16.5. The number of aliphatic hydroxyl groups excluding tert-OH is 4. The van der Waals surface area contributed by atoms with E-state index in [-0.39, 0.29) is 17.7 Å². The number of rotatable bonds is 13. The first kappa shape index (κ1) is 38.1. The van der Waals surface area contributed by atoms with Gasteiger partial charge in [-0.05, 0) is 86.9 Å². The molecule has 0 saturated carbocycles. The highest BCUT2D eigenvalue weighted by Gasteiger charge is 2.45. The van der Waals surface area contributed by atoms with Crippen LogP contribution in [0.2, 0.25) is 0 Å². The Morgan fingerprint density at radius 1 is 1.02 bits per heavy atom. The molecule has 2 aromatic rings. The molecule has 1 aliphatic heterocycles. The maximum atomic E-state index is 13.1. The van der Waals surface area contributed by atoms with Gasteiger partial charge in [-0.1, -0.05) is 44.2 Å². The summed E-state index contributed by atoms with van der Waals surface area (Å²) in [6.07, 6.45) is -2.19. The second-order valence-electron chi connectivity index (χ2n) is 13.7. The van der Waals surface area contributed by atoms with Crippen LogP contribution in [0, 0.1) is 12.3 Å². The third-order valence-corrected chi connectivity index (χ3v) is 8.76. The van der Waals surface area contributed by atoms with E-state index in [0.717, 1.165) is 27.8 Å². The molecule has 0 spiro atoms. The number of aryl methyl sites for hydroxylation is 1. The SMILES string of the molecule is COc1cc(C(C)C)c(Cc2ccc(/C=C/C(C)(C)C(=O)NC(C)(C)C(=O)NCCN)cc2C)cc1[C@@H]1O[C@H](CO)[C@@H](O)[C@H](O)[C@H]1O. The van der Waals surface area contributed by atoms with Crippen LogP contribution >= 0.6 is 0 Å². The zero-order valence-corrected chi connectivity index (χ0v) is 28.8. The molecule has 0 unspecified atom stereocenters. The average molecular weight is 656 g/mol. The van der Waals surface area contributed by atoms with Crippen molar-refractivity contribution in [1.82, 2.24) is 10.6 Å². The Morgan fingerprint density at radius 2 is 1.70 bits per heavy atom. The van der Waals surface area contributed by atoms with Gasteiger partial charge in [-0.3, -0.25) is 9.59 Å². The molecule has 1 heterocycles. The van der Waals surface area contributed by atoms with Crippen LogP contribution in [0.4, 0.5) is 0 Å². The van der Waals surface area contributed by atoms with Crippen molar-refractivity contribution in [3.05, 3.63) is 69.8 Å². The van der Waals surface area contributed by atoms with Crippen molar-refractivity contribution in [3.8, 4) is 5.75 Å². The predicted molar refractivity (Wildman–Crippen MR) is 181 cm³/mol. The van der Waals surface area contributed by atoms with E-state index in [1.807, 2.05) is 49.4 Å². The Morgan fingerprint density at radius 3 is 2.28 bits per heavy atom. The van der Waals surface area contributed by atoms with E-state index >= 15 is 0 Å². The van der Waals surface area contributed by atoms with Gasteiger partial charge in [0.25, 0.3) is 0 Å². The van der Waals surface area contributed by atoms with Crippen LogP contribution in [0.1, 0.15) is 86.9 Å². The van der Waals surface area contributed by atoms with Crippen molar-refractivity contribution < 1.29 is 39.5 Å². The molecular formula is C36H53N3O8. The quantitative estimate of drug-likeness (QED) is 0.170. The Kier molecular flexibility index (Phi) is 12.8. The third kappa shape index (κ3) is 8.98. The molecule has 3 rings (SSSR count). The van der Waals surface area contributed by atoms with E-state index in [4.69, 9.17) is 15.2 Å². The third-order valence-electron chi connectivity index (χ3n) is 8.76. The maximum absolute atomic E-state index is 13.1. The number of hydrogen-bond acceptors (Lipinski definition) is 9. The van der Waals surface area contributed by atoms with Crippen molar-refractivity contribution in [2.45, 2.75) is 96.9 Å². The van der Waals surface area contributed by atoms with Gasteiger partial charge in [-0.2, -0.15) is 0 Å². The lowest BCUT2D eigenvalue weighted by Crippen LogP contribution is -2.57. The summed E-state index contributed by atoms with van der Waals surface area (Å²) >= 11 is 0. The van der Waals surface area contributed by atoms with E-state index < -0.39 is 48.1 Å². The smallest absolute Gasteiger partial charge is 0.245 e.